The fraction of sp³-hybridized carbons (Fsp3) is 0.600. The topological polar surface area (TPSA) is 59.4 Å². The summed E-state index contributed by atoms with van der Waals surface area (Å²) in [5.74, 6) is 0.0865. The van der Waals surface area contributed by atoms with Gasteiger partial charge in [-0.25, -0.2) is 4.98 Å². The van der Waals surface area contributed by atoms with Gasteiger partial charge >= 0.3 is 5.97 Å². The molecule has 0 radical (unpaired) electrons. The molecular formula is C20H31NO3S. The monoisotopic (exact) mass is 365 g/mol. The van der Waals surface area contributed by atoms with Crippen LogP contribution in [-0.2, 0) is 9.53 Å². The lowest BCUT2D eigenvalue weighted by molar-refractivity contribution is -0.144. The van der Waals surface area contributed by atoms with Crippen molar-refractivity contribution in [1.29, 1.82) is 0 Å². The van der Waals surface area contributed by atoms with Crippen LogP contribution in [0.2, 0.25) is 0 Å². The van der Waals surface area contributed by atoms with Crippen LogP contribution in [-0.4, -0.2) is 28.8 Å². The first-order valence-corrected chi connectivity index (χ1v) is 9.73. The van der Waals surface area contributed by atoms with Gasteiger partial charge < -0.3 is 9.84 Å². The predicted molar refractivity (Wildman–Crippen MR) is 105 cm³/mol. The third kappa shape index (κ3) is 8.98. The molecule has 0 saturated carbocycles. The molecule has 0 aliphatic carbocycles. The molecule has 0 aliphatic heterocycles. The van der Waals surface area contributed by atoms with E-state index in [4.69, 9.17) is 9.84 Å². The molecule has 1 N–H and O–H groups in total. The fourth-order valence-corrected chi connectivity index (χ4v) is 3.10. The van der Waals surface area contributed by atoms with E-state index in [9.17, 15) is 4.79 Å². The van der Waals surface area contributed by atoms with Crippen LogP contribution < -0.4 is 0 Å². The molecule has 1 aromatic heterocycles. The van der Waals surface area contributed by atoms with Gasteiger partial charge in [-0.15, -0.1) is 11.3 Å². The van der Waals surface area contributed by atoms with Gasteiger partial charge in [-0.3, -0.25) is 4.79 Å². The highest BCUT2D eigenvalue weighted by Gasteiger charge is 2.14. The maximum Gasteiger partial charge on any atom is 0.303 e. The number of aryl methyl sites for hydroxylation is 1. The van der Waals surface area contributed by atoms with Crippen molar-refractivity contribution >= 4 is 23.4 Å². The van der Waals surface area contributed by atoms with Gasteiger partial charge in [0.05, 0.1) is 10.7 Å². The molecule has 5 heteroatoms. The minimum atomic E-state index is -0.268. The van der Waals surface area contributed by atoms with Crippen LogP contribution in [0.5, 0.6) is 0 Å². The average molecular weight is 366 g/mol. The highest BCUT2D eigenvalue weighted by molar-refractivity contribution is 7.09. The second-order valence-electron chi connectivity index (χ2n) is 6.74. The molecule has 1 aromatic rings. The molecule has 0 spiro atoms. The van der Waals surface area contributed by atoms with Crippen molar-refractivity contribution in [1.82, 2.24) is 4.98 Å². The lowest BCUT2D eigenvalue weighted by Gasteiger charge is -2.17. The molecule has 140 valence electrons. The Hall–Kier alpha value is -1.46. The predicted octanol–water partition coefficient (Wildman–Crippen LogP) is 4.92. The Balaban J connectivity index is 2.67. The van der Waals surface area contributed by atoms with Crippen LogP contribution in [0.15, 0.2) is 22.6 Å². The minimum Gasteiger partial charge on any atom is -0.458 e. The van der Waals surface area contributed by atoms with Crippen molar-refractivity contribution < 1.29 is 14.6 Å². The van der Waals surface area contributed by atoms with Gasteiger partial charge in [-0.2, -0.15) is 0 Å². The van der Waals surface area contributed by atoms with E-state index in [1.54, 1.807) is 11.3 Å². The summed E-state index contributed by atoms with van der Waals surface area (Å²) >= 11 is 1.61. The van der Waals surface area contributed by atoms with Crippen molar-refractivity contribution in [3.05, 3.63) is 33.3 Å². The summed E-state index contributed by atoms with van der Waals surface area (Å²) < 4.78 is 5.49. The lowest BCUT2D eigenvalue weighted by atomic mass is 10.0. The second-order valence-corrected chi connectivity index (χ2v) is 7.81. The van der Waals surface area contributed by atoms with Crippen LogP contribution in [0.3, 0.4) is 0 Å². The molecule has 0 amide bonds. The van der Waals surface area contributed by atoms with Gasteiger partial charge in [0.15, 0.2) is 0 Å². The first-order chi connectivity index (χ1) is 11.8. The van der Waals surface area contributed by atoms with Gasteiger partial charge in [0, 0.05) is 25.3 Å². The number of rotatable bonds is 10. The van der Waals surface area contributed by atoms with E-state index in [0.717, 1.165) is 35.5 Å². The van der Waals surface area contributed by atoms with Crippen molar-refractivity contribution in [3.63, 3.8) is 0 Å². The number of aromatic nitrogens is 1. The van der Waals surface area contributed by atoms with E-state index >= 15 is 0 Å². The van der Waals surface area contributed by atoms with E-state index in [0.29, 0.717) is 12.3 Å². The maximum atomic E-state index is 11.4. The Kier molecular flexibility index (Phi) is 9.68. The number of carbonyl (C=O) groups excluding carboxylic acids is 1. The molecule has 0 bridgehead atoms. The maximum absolute atomic E-state index is 11.4. The van der Waals surface area contributed by atoms with E-state index in [2.05, 4.69) is 24.9 Å². The Morgan fingerprint density at radius 2 is 2.12 bits per heavy atom. The normalized spacial score (nSPS) is 15.1. The van der Waals surface area contributed by atoms with Crippen molar-refractivity contribution in [2.24, 2.45) is 5.92 Å². The van der Waals surface area contributed by atoms with Crippen LogP contribution in [0.4, 0.5) is 0 Å². The van der Waals surface area contributed by atoms with Gasteiger partial charge in [-0.05, 0) is 57.6 Å². The number of allylic oxidation sites excluding steroid dienone is 1. The van der Waals surface area contributed by atoms with E-state index in [1.807, 2.05) is 25.3 Å². The fourth-order valence-electron chi connectivity index (χ4n) is 2.53. The Morgan fingerprint density at radius 3 is 2.68 bits per heavy atom. The number of carbonyl (C=O) groups is 1. The Bertz CT molecular complexity index is 604. The van der Waals surface area contributed by atoms with Crippen molar-refractivity contribution in [3.8, 4) is 0 Å². The van der Waals surface area contributed by atoms with Crippen molar-refractivity contribution in [2.45, 2.75) is 66.4 Å². The molecule has 0 fully saturated rings. The molecule has 0 aliphatic rings. The smallest absolute Gasteiger partial charge is 0.303 e. The van der Waals surface area contributed by atoms with Crippen LogP contribution in [0, 0.1) is 12.8 Å². The number of nitrogens with zero attached hydrogens (tertiary/aromatic N) is 1. The first kappa shape index (κ1) is 21.6. The molecule has 4 nitrogen and oxygen atoms in total. The molecular weight excluding hydrogens is 334 g/mol. The molecule has 25 heavy (non-hydrogen) atoms. The summed E-state index contributed by atoms with van der Waals surface area (Å²) in [6, 6.07) is 0. The number of hydrogen-bond donors (Lipinski definition) is 1. The lowest BCUT2D eigenvalue weighted by Crippen LogP contribution is -2.17. The highest BCUT2D eigenvalue weighted by atomic mass is 32.1. The SMILES string of the molecule is CC(=O)OC(CC=C(C)CCC[C@H](C)CO)C(C)=Cc1csc(C)n1. The summed E-state index contributed by atoms with van der Waals surface area (Å²) in [7, 11) is 0. The van der Waals surface area contributed by atoms with E-state index in [-0.39, 0.29) is 18.7 Å². The Morgan fingerprint density at radius 1 is 1.40 bits per heavy atom. The second kappa shape index (κ2) is 11.2. The van der Waals surface area contributed by atoms with Crippen LogP contribution in [0.25, 0.3) is 6.08 Å². The van der Waals surface area contributed by atoms with Gasteiger partial charge in [-0.1, -0.05) is 18.6 Å². The van der Waals surface area contributed by atoms with E-state index in [1.165, 1.54) is 12.5 Å². The summed E-state index contributed by atoms with van der Waals surface area (Å²) in [4.78, 5) is 15.9. The van der Waals surface area contributed by atoms with Gasteiger partial charge in [0.1, 0.15) is 6.10 Å². The molecule has 0 aromatic carbocycles. The van der Waals surface area contributed by atoms with Gasteiger partial charge in [0.25, 0.3) is 0 Å². The van der Waals surface area contributed by atoms with Gasteiger partial charge in [0.2, 0.25) is 0 Å². The number of thiazole rings is 1. The zero-order chi connectivity index (χ0) is 18.8. The standard InChI is InChI=1S/C20H31NO3S/c1-14(7-6-8-15(2)12-22)9-10-20(24-18(5)23)16(3)11-19-13-25-17(4)21-19/h9,11,13,15,20,22H,6-8,10,12H2,1-5H3/t15-,20?/m0/s1. The zero-order valence-corrected chi connectivity index (χ0v) is 16.9. The molecule has 2 atom stereocenters. The van der Waals surface area contributed by atoms with Crippen LogP contribution >= 0.6 is 11.3 Å². The number of hydrogen-bond acceptors (Lipinski definition) is 5. The van der Waals surface area contributed by atoms with Crippen LogP contribution in [0.1, 0.15) is 64.1 Å². The highest BCUT2D eigenvalue weighted by Crippen LogP contribution is 2.19. The molecule has 1 unspecified atom stereocenters. The zero-order valence-electron chi connectivity index (χ0n) is 16.0. The van der Waals surface area contributed by atoms with E-state index < -0.39 is 0 Å². The summed E-state index contributed by atoms with van der Waals surface area (Å²) in [6.07, 6.45) is 7.65. The minimum absolute atomic E-state index is 0.247. The summed E-state index contributed by atoms with van der Waals surface area (Å²) in [5, 5.41) is 12.1. The first-order valence-electron chi connectivity index (χ1n) is 8.85. The third-order valence-corrected chi connectivity index (χ3v) is 4.88. The molecule has 0 saturated heterocycles. The summed E-state index contributed by atoms with van der Waals surface area (Å²) in [6.45, 7) is 9.82. The number of aliphatic hydroxyl groups excluding tert-OH is 1. The Labute approximate surface area is 155 Å². The molecule has 1 heterocycles. The number of aliphatic hydroxyl groups is 1. The van der Waals surface area contributed by atoms with Crippen molar-refractivity contribution in [2.75, 3.05) is 6.61 Å². The summed E-state index contributed by atoms with van der Waals surface area (Å²) in [5.41, 5.74) is 3.20. The average Bonchev–Trinajstić information content (AvgIpc) is 2.95. The largest absolute Gasteiger partial charge is 0.458 e. The number of ether oxygens (including phenoxy) is 1. The number of esters is 1. The third-order valence-electron chi connectivity index (χ3n) is 4.09. The quantitative estimate of drug-likeness (QED) is 0.472. The molecule has 1 rings (SSSR count).